The number of nitrogens with one attached hydrogen (secondary N) is 1. The maximum absolute atomic E-state index is 11.1. The Morgan fingerprint density at radius 1 is 1.23 bits per heavy atom. The van der Waals surface area contributed by atoms with E-state index in [1.807, 2.05) is 4.90 Å². The van der Waals surface area contributed by atoms with Gasteiger partial charge in [0, 0.05) is 26.2 Å². The smallest absolute Gasteiger partial charge is 0.211 e. The highest BCUT2D eigenvalue weighted by molar-refractivity contribution is 7.88. The second kappa shape index (κ2) is 3.63. The van der Waals surface area contributed by atoms with E-state index in [0.29, 0.717) is 32.0 Å². The second-order valence-electron chi connectivity index (χ2n) is 3.23. The molecule has 1 fully saturated rings. The number of amidine groups is 1. The normalized spacial score (nSPS) is 20.3. The number of sulfonamides is 1. The molecule has 0 spiro atoms. The minimum atomic E-state index is -3.04. The average molecular weight is 205 g/mol. The van der Waals surface area contributed by atoms with Gasteiger partial charge in [0.1, 0.15) is 0 Å². The molecular formula is C7H15N3O2S. The largest absolute Gasteiger partial charge is 0.358 e. The summed E-state index contributed by atoms with van der Waals surface area (Å²) in [7, 11) is -3.04. The van der Waals surface area contributed by atoms with Crippen molar-refractivity contribution in [2.45, 2.75) is 6.92 Å². The molecule has 13 heavy (non-hydrogen) atoms. The molecule has 76 valence electrons. The van der Waals surface area contributed by atoms with E-state index in [1.165, 1.54) is 10.6 Å². The van der Waals surface area contributed by atoms with E-state index >= 15 is 0 Å². The van der Waals surface area contributed by atoms with Gasteiger partial charge in [0.15, 0.2) is 0 Å². The van der Waals surface area contributed by atoms with E-state index in [9.17, 15) is 8.42 Å². The molecule has 0 aliphatic carbocycles. The van der Waals surface area contributed by atoms with Gasteiger partial charge < -0.3 is 4.90 Å². The Morgan fingerprint density at radius 3 is 2.00 bits per heavy atom. The molecule has 1 aliphatic heterocycles. The first-order chi connectivity index (χ1) is 5.91. The summed E-state index contributed by atoms with van der Waals surface area (Å²) < 4.78 is 23.7. The first-order valence-electron chi connectivity index (χ1n) is 4.16. The average Bonchev–Trinajstić information content (AvgIpc) is 2.03. The molecule has 0 amide bonds. The van der Waals surface area contributed by atoms with E-state index in [1.54, 1.807) is 6.92 Å². The molecule has 0 aromatic heterocycles. The van der Waals surface area contributed by atoms with E-state index in [2.05, 4.69) is 0 Å². The molecule has 1 aliphatic rings. The lowest BCUT2D eigenvalue weighted by molar-refractivity contribution is 0.265. The molecule has 1 rings (SSSR count). The van der Waals surface area contributed by atoms with Crippen LogP contribution in [0.3, 0.4) is 0 Å². The minimum Gasteiger partial charge on any atom is -0.358 e. The summed E-state index contributed by atoms with van der Waals surface area (Å²) in [6, 6.07) is 0. The van der Waals surface area contributed by atoms with Gasteiger partial charge in [-0.05, 0) is 6.92 Å². The quantitative estimate of drug-likeness (QED) is 0.466. The van der Waals surface area contributed by atoms with Crippen molar-refractivity contribution in [1.29, 1.82) is 5.41 Å². The minimum absolute atomic E-state index is 0.495. The molecule has 1 saturated heterocycles. The maximum atomic E-state index is 11.1. The van der Waals surface area contributed by atoms with Crippen LogP contribution < -0.4 is 0 Å². The van der Waals surface area contributed by atoms with Crippen molar-refractivity contribution in [1.82, 2.24) is 9.21 Å². The summed E-state index contributed by atoms with van der Waals surface area (Å²) in [5.41, 5.74) is 0. The number of piperazine rings is 1. The van der Waals surface area contributed by atoms with E-state index in [-0.39, 0.29) is 0 Å². The predicted octanol–water partition coefficient (Wildman–Crippen LogP) is -0.439. The first kappa shape index (κ1) is 10.5. The fourth-order valence-corrected chi connectivity index (χ4v) is 2.18. The molecule has 6 heteroatoms. The Balaban J connectivity index is 2.53. The summed E-state index contributed by atoms with van der Waals surface area (Å²) in [5, 5.41) is 7.37. The van der Waals surface area contributed by atoms with Crippen LogP contribution in [0.25, 0.3) is 0 Å². The molecular weight excluding hydrogens is 190 g/mol. The highest BCUT2D eigenvalue weighted by atomic mass is 32.2. The van der Waals surface area contributed by atoms with Crippen molar-refractivity contribution in [3.05, 3.63) is 0 Å². The van der Waals surface area contributed by atoms with Crippen molar-refractivity contribution in [3.63, 3.8) is 0 Å². The summed E-state index contributed by atoms with van der Waals surface area (Å²) >= 11 is 0. The zero-order valence-electron chi connectivity index (χ0n) is 7.95. The van der Waals surface area contributed by atoms with Crippen LogP contribution in [0.15, 0.2) is 0 Å². The summed E-state index contributed by atoms with van der Waals surface area (Å²) in [6.45, 7) is 3.96. The van der Waals surface area contributed by atoms with Crippen LogP contribution in [0, 0.1) is 5.41 Å². The predicted molar refractivity (Wildman–Crippen MR) is 51.4 cm³/mol. The third-order valence-corrected chi connectivity index (χ3v) is 3.49. The lowest BCUT2D eigenvalue weighted by Gasteiger charge is -2.33. The van der Waals surface area contributed by atoms with Crippen molar-refractivity contribution < 1.29 is 8.42 Å². The fourth-order valence-electron chi connectivity index (χ4n) is 1.36. The highest BCUT2D eigenvalue weighted by Gasteiger charge is 2.23. The molecule has 0 aromatic rings. The molecule has 0 aromatic carbocycles. The van der Waals surface area contributed by atoms with Crippen LogP contribution >= 0.6 is 0 Å². The third-order valence-electron chi connectivity index (χ3n) is 2.18. The van der Waals surface area contributed by atoms with Gasteiger partial charge >= 0.3 is 0 Å². The topological polar surface area (TPSA) is 64.5 Å². The molecule has 1 N–H and O–H groups in total. The number of rotatable bonds is 1. The number of nitrogens with zero attached hydrogens (tertiary/aromatic N) is 2. The molecule has 1 heterocycles. The Kier molecular flexibility index (Phi) is 2.92. The Labute approximate surface area is 78.9 Å². The SMILES string of the molecule is CC(=N)N1CCN(S(C)(=O)=O)CC1. The summed E-state index contributed by atoms with van der Waals surface area (Å²) in [6.07, 6.45) is 1.22. The van der Waals surface area contributed by atoms with Crippen LogP contribution in [-0.4, -0.2) is 55.9 Å². The molecule has 0 radical (unpaired) electrons. The lowest BCUT2D eigenvalue weighted by Crippen LogP contribution is -2.49. The number of hydrogen-bond donors (Lipinski definition) is 1. The Morgan fingerprint density at radius 2 is 1.69 bits per heavy atom. The number of hydrogen-bond acceptors (Lipinski definition) is 3. The molecule has 0 unspecified atom stereocenters. The maximum Gasteiger partial charge on any atom is 0.211 e. The van der Waals surface area contributed by atoms with Crippen LogP contribution in [-0.2, 0) is 10.0 Å². The molecule has 0 bridgehead atoms. The van der Waals surface area contributed by atoms with Gasteiger partial charge in [-0.25, -0.2) is 8.42 Å². The van der Waals surface area contributed by atoms with Gasteiger partial charge in [0.25, 0.3) is 0 Å². The van der Waals surface area contributed by atoms with Crippen LogP contribution in [0.1, 0.15) is 6.92 Å². The standard InChI is InChI=1S/C7H15N3O2S/c1-7(8)9-3-5-10(6-4-9)13(2,11)12/h8H,3-6H2,1-2H3. The van der Waals surface area contributed by atoms with Gasteiger partial charge in [-0.15, -0.1) is 0 Å². The van der Waals surface area contributed by atoms with Gasteiger partial charge in [-0.3, -0.25) is 5.41 Å². The van der Waals surface area contributed by atoms with Gasteiger partial charge in [0.2, 0.25) is 10.0 Å². The first-order valence-corrected chi connectivity index (χ1v) is 6.01. The van der Waals surface area contributed by atoms with E-state index < -0.39 is 10.0 Å². The van der Waals surface area contributed by atoms with Crippen molar-refractivity contribution in [2.75, 3.05) is 32.4 Å². The molecule has 0 saturated carbocycles. The monoisotopic (exact) mass is 205 g/mol. The fraction of sp³-hybridized carbons (Fsp3) is 0.857. The van der Waals surface area contributed by atoms with Gasteiger partial charge in [0.05, 0.1) is 12.1 Å². The van der Waals surface area contributed by atoms with Crippen molar-refractivity contribution in [3.8, 4) is 0 Å². The zero-order chi connectivity index (χ0) is 10.1. The van der Waals surface area contributed by atoms with Gasteiger partial charge in [-0.2, -0.15) is 4.31 Å². The Hall–Kier alpha value is -0.620. The van der Waals surface area contributed by atoms with Gasteiger partial charge in [-0.1, -0.05) is 0 Å². The second-order valence-corrected chi connectivity index (χ2v) is 5.22. The third kappa shape index (κ3) is 2.67. The van der Waals surface area contributed by atoms with E-state index in [4.69, 9.17) is 5.41 Å². The van der Waals surface area contributed by atoms with Crippen LogP contribution in [0.4, 0.5) is 0 Å². The van der Waals surface area contributed by atoms with E-state index in [0.717, 1.165) is 0 Å². The zero-order valence-corrected chi connectivity index (χ0v) is 8.76. The van der Waals surface area contributed by atoms with Crippen molar-refractivity contribution in [2.24, 2.45) is 0 Å². The van der Waals surface area contributed by atoms with Crippen LogP contribution in [0.2, 0.25) is 0 Å². The summed E-state index contributed by atoms with van der Waals surface area (Å²) in [5.74, 6) is 0.508. The highest BCUT2D eigenvalue weighted by Crippen LogP contribution is 2.05. The molecule has 5 nitrogen and oxygen atoms in total. The Bertz CT molecular complexity index is 291. The lowest BCUT2D eigenvalue weighted by atomic mass is 10.3. The van der Waals surface area contributed by atoms with Crippen molar-refractivity contribution >= 4 is 15.9 Å². The summed E-state index contributed by atoms with van der Waals surface area (Å²) in [4.78, 5) is 1.88. The molecule has 0 atom stereocenters. The van der Waals surface area contributed by atoms with Crippen LogP contribution in [0.5, 0.6) is 0 Å².